The van der Waals surface area contributed by atoms with Gasteiger partial charge in [-0.05, 0) is 13.8 Å². The Morgan fingerprint density at radius 1 is 1.36 bits per heavy atom. The number of ether oxygens (including phenoxy) is 1. The van der Waals surface area contributed by atoms with E-state index in [9.17, 15) is 19.5 Å². The van der Waals surface area contributed by atoms with Crippen molar-refractivity contribution in [1.82, 2.24) is 0 Å². The molecule has 6 nitrogen and oxygen atoms in total. The molecule has 0 aliphatic rings. The van der Waals surface area contributed by atoms with Gasteiger partial charge in [0.05, 0.1) is 13.0 Å². The van der Waals surface area contributed by atoms with E-state index in [-0.39, 0.29) is 6.61 Å². The van der Waals surface area contributed by atoms with E-state index in [1.54, 1.807) is 0 Å². The van der Waals surface area contributed by atoms with Gasteiger partial charge in [-0.3, -0.25) is 9.59 Å². The van der Waals surface area contributed by atoms with Crippen molar-refractivity contribution in [3.05, 3.63) is 0 Å². The Labute approximate surface area is 80.5 Å². The first-order valence-corrected chi connectivity index (χ1v) is 3.97. The first kappa shape index (κ1) is 12.6. The predicted molar refractivity (Wildman–Crippen MR) is 44.5 cm³/mol. The summed E-state index contributed by atoms with van der Waals surface area (Å²) >= 11 is 0. The summed E-state index contributed by atoms with van der Waals surface area (Å²) in [5.41, 5.74) is -2.57. The van der Waals surface area contributed by atoms with Gasteiger partial charge in [0.1, 0.15) is 0 Å². The molecule has 0 amide bonds. The topological polar surface area (TPSA) is 101 Å². The molecule has 0 spiro atoms. The van der Waals surface area contributed by atoms with Crippen LogP contribution in [0.15, 0.2) is 0 Å². The van der Waals surface area contributed by atoms with Crippen LogP contribution in [0.1, 0.15) is 20.3 Å². The van der Waals surface area contributed by atoms with Crippen LogP contribution in [-0.4, -0.2) is 40.1 Å². The summed E-state index contributed by atoms with van der Waals surface area (Å²) in [6, 6.07) is 0. The van der Waals surface area contributed by atoms with Gasteiger partial charge in [-0.2, -0.15) is 0 Å². The van der Waals surface area contributed by atoms with Crippen LogP contribution in [0.25, 0.3) is 0 Å². The fourth-order valence-corrected chi connectivity index (χ4v) is 0.810. The zero-order chi connectivity index (χ0) is 11.4. The summed E-state index contributed by atoms with van der Waals surface area (Å²) in [5.74, 6) is -3.62. The molecule has 0 saturated carbocycles. The largest absolute Gasteiger partial charge is 0.481 e. The standard InChI is InChI=1S/C8H12O6/c1-3-14-7(12)8(13,5(2)9)4-6(10)11/h13H,3-4H2,1-2H3,(H,10,11). The monoisotopic (exact) mass is 204 g/mol. The first-order chi connectivity index (χ1) is 6.34. The number of carbonyl (C=O) groups is 3. The molecule has 0 aliphatic carbocycles. The summed E-state index contributed by atoms with van der Waals surface area (Å²) in [4.78, 5) is 32.3. The van der Waals surface area contributed by atoms with Crippen LogP contribution in [0.4, 0.5) is 0 Å². The number of aliphatic carboxylic acids is 1. The predicted octanol–water partition coefficient (Wildman–Crippen LogP) is -0.656. The molecule has 0 aliphatic heterocycles. The van der Waals surface area contributed by atoms with Gasteiger partial charge >= 0.3 is 11.9 Å². The van der Waals surface area contributed by atoms with Crippen LogP contribution in [0.2, 0.25) is 0 Å². The van der Waals surface area contributed by atoms with Crippen molar-refractivity contribution >= 4 is 17.7 Å². The maximum absolute atomic E-state index is 11.1. The number of rotatable bonds is 5. The quantitative estimate of drug-likeness (QED) is 0.455. The molecule has 0 radical (unpaired) electrons. The second kappa shape index (κ2) is 4.71. The number of carbonyl (C=O) groups excluding carboxylic acids is 2. The van der Waals surface area contributed by atoms with Gasteiger partial charge in [0.2, 0.25) is 5.60 Å². The molecule has 0 rings (SSSR count). The highest BCUT2D eigenvalue weighted by Gasteiger charge is 2.44. The van der Waals surface area contributed by atoms with E-state index in [0.29, 0.717) is 0 Å². The highest BCUT2D eigenvalue weighted by Crippen LogP contribution is 2.14. The zero-order valence-corrected chi connectivity index (χ0v) is 7.94. The lowest BCUT2D eigenvalue weighted by molar-refractivity contribution is -0.174. The normalized spacial score (nSPS) is 14.2. The molecule has 0 heterocycles. The average molecular weight is 204 g/mol. The van der Waals surface area contributed by atoms with E-state index in [1.165, 1.54) is 6.92 Å². The molecule has 0 saturated heterocycles. The summed E-state index contributed by atoms with van der Waals surface area (Å²) in [6.45, 7) is 2.38. The summed E-state index contributed by atoms with van der Waals surface area (Å²) in [5, 5.41) is 17.8. The Morgan fingerprint density at radius 2 is 1.86 bits per heavy atom. The molecule has 14 heavy (non-hydrogen) atoms. The molecule has 2 N–H and O–H groups in total. The summed E-state index contributed by atoms with van der Waals surface area (Å²) < 4.78 is 4.40. The Kier molecular flexibility index (Phi) is 4.23. The SMILES string of the molecule is CCOC(=O)C(O)(CC(=O)O)C(C)=O. The van der Waals surface area contributed by atoms with Crippen molar-refractivity contribution in [2.24, 2.45) is 0 Å². The third kappa shape index (κ3) is 2.81. The minimum Gasteiger partial charge on any atom is -0.481 e. The number of ketones is 1. The maximum atomic E-state index is 11.1. The molecule has 1 atom stereocenters. The van der Waals surface area contributed by atoms with Crippen molar-refractivity contribution in [3.63, 3.8) is 0 Å². The van der Waals surface area contributed by atoms with Crippen LogP contribution in [-0.2, 0) is 19.1 Å². The van der Waals surface area contributed by atoms with Gasteiger partial charge in [0.15, 0.2) is 5.78 Å². The second-order valence-electron chi connectivity index (χ2n) is 2.71. The van der Waals surface area contributed by atoms with Crippen molar-refractivity contribution in [1.29, 1.82) is 0 Å². The molecule has 1 unspecified atom stereocenters. The van der Waals surface area contributed by atoms with Gasteiger partial charge in [0.25, 0.3) is 0 Å². The molecular formula is C8H12O6. The van der Waals surface area contributed by atoms with Crippen LogP contribution in [0.3, 0.4) is 0 Å². The number of hydrogen-bond donors (Lipinski definition) is 2. The molecule has 0 aromatic heterocycles. The lowest BCUT2D eigenvalue weighted by Crippen LogP contribution is -2.48. The van der Waals surface area contributed by atoms with E-state index in [4.69, 9.17) is 5.11 Å². The maximum Gasteiger partial charge on any atom is 0.346 e. The minimum absolute atomic E-state index is 0.0337. The Hall–Kier alpha value is -1.43. The number of Topliss-reactive ketones (excluding diaryl/α,β-unsaturated/α-hetero) is 1. The lowest BCUT2D eigenvalue weighted by atomic mass is 9.95. The lowest BCUT2D eigenvalue weighted by Gasteiger charge is -2.20. The Bertz CT molecular complexity index is 259. The molecule has 0 aromatic rings. The molecular weight excluding hydrogens is 192 g/mol. The summed E-state index contributed by atoms with van der Waals surface area (Å²) in [6.07, 6.45) is -0.985. The van der Waals surface area contributed by atoms with E-state index in [0.717, 1.165) is 6.92 Å². The van der Waals surface area contributed by atoms with E-state index >= 15 is 0 Å². The van der Waals surface area contributed by atoms with Crippen LogP contribution in [0, 0.1) is 0 Å². The van der Waals surface area contributed by atoms with E-state index in [2.05, 4.69) is 4.74 Å². The highest BCUT2D eigenvalue weighted by atomic mass is 16.5. The molecule has 0 fully saturated rings. The third-order valence-electron chi connectivity index (χ3n) is 1.60. The Balaban J connectivity index is 4.80. The van der Waals surface area contributed by atoms with E-state index < -0.39 is 29.7 Å². The molecule has 0 aromatic carbocycles. The number of hydrogen-bond acceptors (Lipinski definition) is 5. The van der Waals surface area contributed by atoms with Crippen LogP contribution in [0.5, 0.6) is 0 Å². The smallest absolute Gasteiger partial charge is 0.346 e. The van der Waals surface area contributed by atoms with Gasteiger partial charge in [-0.1, -0.05) is 0 Å². The molecule has 0 bridgehead atoms. The number of aliphatic hydroxyl groups is 1. The van der Waals surface area contributed by atoms with Crippen LogP contribution < -0.4 is 0 Å². The fourth-order valence-electron chi connectivity index (χ4n) is 0.810. The first-order valence-electron chi connectivity index (χ1n) is 3.97. The van der Waals surface area contributed by atoms with Crippen molar-refractivity contribution in [2.45, 2.75) is 25.9 Å². The number of carboxylic acids is 1. The third-order valence-corrected chi connectivity index (χ3v) is 1.60. The number of esters is 1. The van der Waals surface area contributed by atoms with Gasteiger partial charge < -0.3 is 14.9 Å². The van der Waals surface area contributed by atoms with Crippen molar-refractivity contribution < 1.29 is 29.3 Å². The van der Waals surface area contributed by atoms with Gasteiger partial charge in [0, 0.05) is 0 Å². The second-order valence-corrected chi connectivity index (χ2v) is 2.71. The van der Waals surface area contributed by atoms with Crippen molar-refractivity contribution in [3.8, 4) is 0 Å². The number of carboxylic acid groups (broad SMARTS) is 1. The van der Waals surface area contributed by atoms with E-state index in [1.807, 2.05) is 0 Å². The zero-order valence-electron chi connectivity index (χ0n) is 7.94. The fraction of sp³-hybridized carbons (Fsp3) is 0.625. The highest BCUT2D eigenvalue weighted by molar-refractivity contribution is 6.08. The van der Waals surface area contributed by atoms with Gasteiger partial charge in [-0.15, -0.1) is 0 Å². The Morgan fingerprint density at radius 3 is 2.14 bits per heavy atom. The average Bonchev–Trinajstić information content (AvgIpc) is 2.02. The molecule has 6 heteroatoms. The van der Waals surface area contributed by atoms with Crippen LogP contribution >= 0.6 is 0 Å². The van der Waals surface area contributed by atoms with Crippen molar-refractivity contribution in [2.75, 3.05) is 6.61 Å². The summed E-state index contributed by atoms with van der Waals surface area (Å²) in [7, 11) is 0. The minimum atomic E-state index is -2.57. The molecule has 80 valence electrons. The van der Waals surface area contributed by atoms with Gasteiger partial charge in [-0.25, -0.2) is 4.79 Å².